The molecule has 1 unspecified atom stereocenters. The molecule has 4 rings (SSSR count). The van der Waals surface area contributed by atoms with E-state index in [1.807, 2.05) is 24.3 Å². The van der Waals surface area contributed by atoms with E-state index >= 15 is 0 Å². The minimum Gasteiger partial charge on any atom is -0.496 e. The Morgan fingerprint density at radius 3 is 2.53 bits per heavy atom. The zero-order chi connectivity index (χ0) is 21.1. The van der Waals surface area contributed by atoms with Crippen molar-refractivity contribution in [2.75, 3.05) is 26.7 Å². The highest BCUT2D eigenvalue weighted by Crippen LogP contribution is 2.37. The number of likely N-dealkylation sites (tertiary alicyclic amines) is 1. The molecular weight excluding hydrogens is 381 g/mol. The maximum Gasteiger partial charge on any atom is 0.257 e. The second-order valence-electron chi connectivity index (χ2n) is 8.21. The lowest BCUT2D eigenvalue weighted by atomic mass is 9.97. The van der Waals surface area contributed by atoms with E-state index in [1.165, 1.54) is 12.1 Å². The summed E-state index contributed by atoms with van der Waals surface area (Å²) in [6.45, 7) is 4.50. The van der Waals surface area contributed by atoms with Crippen LogP contribution in [0.4, 0.5) is 4.39 Å². The molecule has 1 amide bonds. The van der Waals surface area contributed by atoms with Crippen molar-refractivity contribution in [2.45, 2.75) is 32.2 Å². The third-order valence-corrected chi connectivity index (χ3v) is 6.08. The summed E-state index contributed by atoms with van der Waals surface area (Å²) >= 11 is 0. The van der Waals surface area contributed by atoms with Crippen LogP contribution < -0.4 is 4.74 Å². The number of halogens is 1. The van der Waals surface area contributed by atoms with Gasteiger partial charge in [-0.3, -0.25) is 9.69 Å². The average Bonchev–Trinajstić information content (AvgIpc) is 3.21. The lowest BCUT2D eigenvalue weighted by molar-refractivity contribution is -0.134. The number of para-hydroxylation sites is 1. The standard InChI is InChI=1S/C24H28FN3O2/c1-17-11-13-27(14-12-17)16-24(29)28-22(20-5-3-4-6-23(20)30-2)15-21(26-28)18-7-9-19(25)10-8-18/h3-10,17,22H,11-16H2,1-2H3. The topological polar surface area (TPSA) is 45.1 Å². The quantitative estimate of drug-likeness (QED) is 0.742. The van der Waals surface area contributed by atoms with Gasteiger partial charge in [-0.1, -0.05) is 37.3 Å². The number of rotatable bonds is 5. The normalized spacial score (nSPS) is 20.3. The van der Waals surface area contributed by atoms with E-state index in [-0.39, 0.29) is 17.8 Å². The van der Waals surface area contributed by atoms with Crippen LogP contribution in [0, 0.1) is 11.7 Å². The number of piperidine rings is 1. The predicted octanol–water partition coefficient (Wildman–Crippen LogP) is 4.24. The summed E-state index contributed by atoms with van der Waals surface area (Å²) in [4.78, 5) is 15.5. The monoisotopic (exact) mass is 409 g/mol. The van der Waals surface area contributed by atoms with Crippen molar-refractivity contribution in [1.82, 2.24) is 9.91 Å². The molecule has 2 aromatic rings. The van der Waals surface area contributed by atoms with Gasteiger partial charge in [0.05, 0.1) is 25.4 Å². The molecule has 1 atom stereocenters. The molecule has 2 aliphatic heterocycles. The van der Waals surface area contributed by atoms with Gasteiger partial charge in [0.2, 0.25) is 0 Å². The molecule has 2 heterocycles. The van der Waals surface area contributed by atoms with Crippen LogP contribution in [0.1, 0.15) is 43.4 Å². The van der Waals surface area contributed by atoms with Gasteiger partial charge in [0.1, 0.15) is 11.6 Å². The second-order valence-corrected chi connectivity index (χ2v) is 8.21. The van der Waals surface area contributed by atoms with Crippen molar-refractivity contribution >= 4 is 11.6 Å². The summed E-state index contributed by atoms with van der Waals surface area (Å²) < 4.78 is 18.9. The molecule has 6 heteroatoms. The van der Waals surface area contributed by atoms with E-state index in [0.717, 1.165) is 48.5 Å². The molecule has 30 heavy (non-hydrogen) atoms. The number of ether oxygens (including phenoxy) is 1. The van der Waals surface area contributed by atoms with Gasteiger partial charge in [-0.25, -0.2) is 9.40 Å². The summed E-state index contributed by atoms with van der Waals surface area (Å²) in [5.41, 5.74) is 2.55. The first kappa shape index (κ1) is 20.5. The Bertz CT molecular complexity index is 920. The fourth-order valence-corrected chi connectivity index (χ4v) is 4.22. The Labute approximate surface area is 177 Å². The van der Waals surface area contributed by atoms with Crippen molar-refractivity contribution in [1.29, 1.82) is 0 Å². The van der Waals surface area contributed by atoms with Gasteiger partial charge in [0.15, 0.2) is 0 Å². The minimum absolute atomic E-state index is 0.0161. The molecule has 1 fully saturated rings. The van der Waals surface area contributed by atoms with Gasteiger partial charge in [0, 0.05) is 12.0 Å². The number of hydrogen-bond donors (Lipinski definition) is 0. The number of carbonyl (C=O) groups excluding carboxylic acids is 1. The molecule has 158 valence electrons. The summed E-state index contributed by atoms with van der Waals surface area (Å²) in [5, 5.41) is 6.30. The van der Waals surface area contributed by atoms with Crippen molar-refractivity contribution in [3.05, 3.63) is 65.5 Å². The molecule has 0 aromatic heterocycles. The number of amides is 1. The summed E-state index contributed by atoms with van der Waals surface area (Å²) in [6, 6.07) is 13.8. The molecule has 2 aliphatic rings. The first-order valence-corrected chi connectivity index (χ1v) is 10.6. The van der Waals surface area contributed by atoms with Gasteiger partial charge in [0.25, 0.3) is 5.91 Å². The summed E-state index contributed by atoms with van der Waals surface area (Å²) in [7, 11) is 1.64. The molecule has 5 nitrogen and oxygen atoms in total. The average molecular weight is 410 g/mol. The molecule has 0 bridgehead atoms. The number of nitrogens with zero attached hydrogens (tertiary/aromatic N) is 3. The summed E-state index contributed by atoms with van der Waals surface area (Å²) in [5.74, 6) is 1.15. The highest BCUT2D eigenvalue weighted by molar-refractivity contribution is 6.03. The lowest BCUT2D eigenvalue weighted by Gasteiger charge is -2.31. The zero-order valence-electron chi connectivity index (χ0n) is 17.6. The Kier molecular flexibility index (Phi) is 6.13. The van der Waals surface area contributed by atoms with Crippen LogP contribution >= 0.6 is 0 Å². The van der Waals surface area contributed by atoms with Crippen LogP contribution in [-0.4, -0.2) is 48.3 Å². The van der Waals surface area contributed by atoms with Gasteiger partial charge in [-0.15, -0.1) is 0 Å². The number of benzene rings is 2. The van der Waals surface area contributed by atoms with E-state index in [4.69, 9.17) is 9.84 Å². The largest absolute Gasteiger partial charge is 0.496 e. The maximum atomic E-state index is 13.4. The predicted molar refractivity (Wildman–Crippen MR) is 115 cm³/mol. The summed E-state index contributed by atoms with van der Waals surface area (Å²) in [6.07, 6.45) is 2.80. The fraction of sp³-hybridized carbons (Fsp3) is 0.417. The first-order valence-electron chi connectivity index (χ1n) is 10.6. The maximum absolute atomic E-state index is 13.4. The van der Waals surface area contributed by atoms with Gasteiger partial charge in [-0.05, 0) is 55.6 Å². The van der Waals surface area contributed by atoms with Crippen LogP contribution in [0.3, 0.4) is 0 Å². The molecular formula is C24H28FN3O2. The molecule has 1 saturated heterocycles. The first-order chi connectivity index (χ1) is 14.5. The molecule has 0 N–H and O–H groups in total. The smallest absolute Gasteiger partial charge is 0.257 e. The second kappa shape index (κ2) is 8.96. The third kappa shape index (κ3) is 4.38. The molecule has 0 aliphatic carbocycles. The van der Waals surface area contributed by atoms with Crippen molar-refractivity contribution in [3.63, 3.8) is 0 Å². The number of methoxy groups -OCH3 is 1. The van der Waals surface area contributed by atoms with Crippen molar-refractivity contribution < 1.29 is 13.9 Å². The van der Waals surface area contributed by atoms with Crippen LogP contribution in [0.25, 0.3) is 0 Å². The molecule has 0 radical (unpaired) electrons. The zero-order valence-corrected chi connectivity index (χ0v) is 17.6. The number of hydrazone groups is 1. The SMILES string of the molecule is COc1ccccc1C1CC(c2ccc(F)cc2)=NN1C(=O)CN1CCC(C)CC1. The molecule has 2 aromatic carbocycles. The third-order valence-electron chi connectivity index (χ3n) is 6.08. The van der Waals surface area contributed by atoms with Crippen LogP contribution in [-0.2, 0) is 4.79 Å². The highest BCUT2D eigenvalue weighted by Gasteiger charge is 2.35. The van der Waals surface area contributed by atoms with Crippen LogP contribution in [0.5, 0.6) is 5.75 Å². The Morgan fingerprint density at radius 2 is 1.83 bits per heavy atom. The fourth-order valence-electron chi connectivity index (χ4n) is 4.22. The van der Waals surface area contributed by atoms with Gasteiger partial charge >= 0.3 is 0 Å². The van der Waals surface area contributed by atoms with E-state index in [0.29, 0.717) is 18.9 Å². The Balaban J connectivity index is 1.61. The highest BCUT2D eigenvalue weighted by atomic mass is 19.1. The van der Waals surface area contributed by atoms with E-state index in [9.17, 15) is 9.18 Å². The lowest BCUT2D eigenvalue weighted by Crippen LogP contribution is -2.41. The van der Waals surface area contributed by atoms with E-state index in [1.54, 1.807) is 24.3 Å². The molecule has 0 saturated carbocycles. The van der Waals surface area contributed by atoms with Gasteiger partial charge in [-0.2, -0.15) is 5.10 Å². The minimum atomic E-state index is -0.286. The number of hydrogen-bond acceptors (Lipinski definition) is 4. The number of carbonyl (C=O) groups is 1. The van der Waals surface area contributed by atoms with Crippen molar-refractivity contribution in [3.8, 4) is 5.75 Å². The van der Waals surface area contributed by atoms with Crippen LogP contribution in [0.2, 0.25) is 0 Å². The van der Waals surface area contributed by atoms with Crippen molar-refractivity contribution in [2.24, 2.45) is 11.0 Å². The molecule has 0 spiro atoms. The van der Waals surface area contributed by atoms with E-state index < -0.39 is 0 Å². The van der Waals surface area contributed by atoms with E-state index in [2.05, 4.69) is 11.8 Å². The Hall–Kier alpha value is -2.73. The van der Waals surface area contributed by atoms with Crippen LogP contribution in [0.15, 0.2) is 53.6 Å². The van der Waals surface area contributed by atoms with Gasteiger partial charge < -0.3 is 4.74 Å². The Morgan fingerprint density at radius 1 is 1.13 bits per heavy atom.